The summed E-state index contributed by atoms with van der Waals surface area (Å²) in [7, 11) is 0. The number of carbonyl (C=O) groups excluding carboxylic acids is 1. The van der Waals surface area contributed by atoms with E-state index in [-0.39, 0.29) is 5.78 Å². The van der Waals surface area contributed by atoms with Crippen LogP contribution >= 0.6 is 23.2 Å². The molecule has 0 amide bonds. The molecular formula is C16H23Cl2NO. The molecule has 0 heterocycles. The number of ketones is 1. The fourth-order valence-corrected chi connectivity index (χ4v) is 3.29. The van der Waals surface area contributed by atoms with Gasteiger partial charge in [-0.1, -0.05) is 50.9 Å². The Morgan fingerprint density at radius 3 is 2.10 bits per heavy atom. The molecule has 0 atom stereocenters. The van der Waals surface area contributed by atoms with Crippen LogP contribution in [0.5, 0.6) is 0 Å². The second kappa shape index (κ2) is 7.44. The molecule has 0 N–H and O–H groups in total. The van der Waals surface area contributed by atoms with Gasteiger partial charge >= 0.3 is 0 Å². The summed E-state index contributed by atoms with van der Waals surface area (Å²) in [6, 6.07) is 5.07. The van der Waals surface area contributed by atoms with Crippen LogP contribution in [0.15, 0.2) is 18.2 Å². The van der Waals surface area contributed by atoms with Crippen molar-refractivity contribution in [3.63, 3.8) is 0 Å². The quantitative estimate of drug-likeness (QED) is 0.654. The Hall–Kier alpha value is -0.570. The minimum absolute atomic E-state index is 0.0682. The summed E-state index contributed by atoms with van der Waals surface area (Å²) < 4.78 is 0. The Bertz CT molecular complexity index is 466. The summed E-state index contributed by atoms with van der Waals surface area (Å²) in [5.41, 5.74) is 0.0208. The first-order valence-corrected chi connectivity index (χ1v) is 7.97. The van der Waals surface area contributed by atoms with Crippen LogP contribution < -0.4 is 0 Å². The maximum Gasteiger partial charge on any atom is 0.184 e. The topological polar surface area (TPSA) is 20.3 Å². The van der Waals surface area contributed by atoms with E-state index in [2.05, 4.69) is 32.6 Å². The molecule has 0 aliphatic heterocycles. The van der Waals surface area contributed by atoms with Crippen molar-refractivity contribution in [2.45, 2.75) is 46.1 Å². The lowest BCUT2D eigenvalue weighted by molar-refractivity contribution is 0.0535. The highest BCUT2D eigenvalue weighted by molar-refractivity contribution is 6.36. The highest BCUT2D eigenvalue weighted by Crippen LogP contribution is 2.32. The maximum absolute atomic E-state index is 13.1. The summed E-state index contributed by atoms with van der Waals surface area (Å²) in [5, 5.41) is 1.01. The highest BCUT2D eigenvalue weighted by Gasteiger charge is 2.40. The number of carbonyl (C=O) groups is 1. The molecule has 1 aromatic carbocycles. The lowest BCUT2D eigenvalue weighted by Gasteiger charge is -2.41. The average molecular weight is 316 g/mol. The molecule has 0 fully saturated rings. The molecule has 0 saturated carbocycles. The van der Waals surface area contributed by atoms with Crippen LogP contribution in [0.4, 0.5) is 0 Å². The molecule has 2 nitrogen and oxygen atoms in total. The van der Waals surface area contributed by atoms with E-state index in [0.717, 1.165) is 25.9 Å². The third kappa shape index (κ3) is 3.19. The standard InChI is InChI=1S/C16H23Cl2NO/c1-5-16(6-2,19(7-3)8-4)15(20)13-11-12(17)9-10-14(13)18/h9-11H,5-8H2,1-4H3. The normalized spacial score (nSPS) is 11.9. The second-order valence-electron chi connectivity index (χ2n) is 4.86. The van der Waals surface area contributed by atoms with Crippen LogP contribution in [-0.2, 0) is 0 Å². The van der Waals surface area contributed by atoms with Gasteiger partial charge in [0.05, 0.1) is 10.6 Å². The summed E-state index contributed by atoms with van der Waals surface area (Å²) in [4.78, 5) is 15.3. The van der Waals surface area contributed by atoms with Crippen molar-refractivity contribution in [3.05, 3.63) is 33.8 Å². The minimum Gasteiger partial charge on any atom is -0.292 e. The van der Waals surface area contributed by atoms with E-state index >= 15 is 0 Å². The fourth-order valence-electron chi connectivity index (χ4n) is 2.91. The zero-order valence-electron chi connectivity index (χ0n) is 12.7. The Morgan fingerprint density at radius 1 is 1.10 bits per heavy atom. The number of nitrogens with zero attached hydrogens (tertiary/aromatic N) is 1. The van der Waals surface area contributed by atoms with Crippen molar-refractivity contribution < 1.29 is 4.79 Å². The number of likely N-dealkylation sites (N-methyl/N-ethyl adjacent to an activating group) is 1. The summed E-state index contributed by atoms with van der Waals surface area (Å²) >= 11 is 12.2. The Balaban J connectivity index is 3.34. The average Bonchev–Trinajstić information content (AvgIpc) is 2.46. The van der Waals surface area contributed by atoms with Gasteiger partial charge in [0.2, 0.25) is 0 Å². The van der Waals surface area contributed by atoms with Crippen molar-refractivity contribution in [1.29, 1.82) is 0 Å². The number of hydrogen-bond donors (Lipinski definition) is 0. The Morgan fingerprint density at radius 2 is 1.65 bits per heavy atom. The largest absolute Gasteiger partial charge is 0.292 e. The number of Topliss-reactive ketones (excluding diaryl/α,β-unsaturated/α-hetero) is 1. The van der Waals surface area contributed by atoms with Gasteiger partial charge in [0, 0.05) is 10.6 Å². The molecule has 0 aliphatic rings. The SMILES string of the molecule is CCN(CC)C(CC)(CC)C(=O)c1cc(Cl)ccc1Cl. The molecule has 1 rings (SSSR count). The van der Waals surface area contributed by atoms with E-state index in [0.29, 0.717) is 15.6 Å². The first-order chi connectivity index (χ1) is 9.46. The molecule has 0 saturated heterocycles. The van der Waals surface area contributed by atoms with Gasteiger partial charge in [-0.2, -0.15) is 0 Å². The molecule has 0 unspecified atom stereocenters. The minimum atomic E-state index is -0.502. The van der Waals surface area contributed by atoms with Crippen molar-refractivity contribution in [2.24, 2.45) is 0 Å². The molecule has 0 aliphatic carbocycles. The fraction of sp³-hybridized carbons (Fsp3) is 0.562. The van der Waals surface area contributed by atoms with Crippen LogP contribution in [0.2, 0.25) is 10.0 Å². The number of rotatable bonds is 7. The molecule has 1 aromatic rings. The van der Waals surface area contributed by atoms with E-state index in [1.807, 2.05) is 0 Å². The van der Waals surface area contributed by atoms with Gasteiger partial charge in [-0.15, -0.1) is 0 Å². The summed E-state index contributed by atoms with van der Waals surface area (Å²) in [6.07, 6.45) is 1.51. The number of halogens is 2. The van der Waals surface area contributed by atoms with Crippen LogP contribution in [-0.4, -0.2) is 29.3 Å². The van der Waals surface area contributed by atoms with Gasteiger partial charge in [0.15, 0.2) is 5.78 Å². The summed E-state index contributed by atoms with van der Waals surface area (Å²) in [5.74, 6) is 0.0682. The molecule has 4 heteroatoms. The zero-order valence-corrected chi connectivity index (χ0v) is 14.2. The second-order valence-corrected chi connectivity index (χ2v) is 5.71. The Kier molecular flexibility index (Phi) is 6.50. The van der Waals surface area contributed by atoms with Gasteiger partial charge < -0.3 is 0 Å². The monoisotopic (exact) mass is 315 g/mol. The predicted molar refractivity (Wildman–Crippen MR) is 87.0 cm³/mol. The predicted octanol–water partition coefficient (Wildman–Crippen LogP) is 5.08. The maximum atomic E-state index is 13.1. The first-order valence-electron chi connectivity index (χ1n) is 7.21. The summed E-state index contributed by atoms with van der Waals surface area (Å²) in [6.45, 7) is 9.94. The van der Waals surface area contributed by atoms with Crippen molar-refractivity contribution >= 4 is 29.0 Å². The van der Waals surface area contributed by atoms with Gasteiger partial charge in [-0.3, -0.25) is 9.69 Å². The Labute approximate surface area is 132 Å². The number of benzene rings is 1. The molecule has 20 heavy (non-hydrogen) atoms. The van der Waals surface area contributed by atoms with Gasteiger partial charge in [0.25, 0.3) is 0 Å². The van der Waals surface area contributed by atoms with E-state index in [1.165, 1.54) is 0 Å². The van der Waals surface area contributed by atoms with Crippen LogP contribution in [0, 0.1) is 0 Å². The van der Waals surface area contributed by atoms with Crippen molar-refractivity contribution in [3.8, 4) is 0 Å². The number of hydrogen-bond acceptors (Lipinski definition) is 2. The van der Waals surface area contributed by atoms with Crippen LogP contribution in [0.1, 0.15) is 50.9 Å². The molecule has 0 aromatic heterocycles. The van der Waals surface area contributed by atoms with E-state index in [1.54, 1.807) is 18.2 Å². The lowest BCUT2D eigenvalue weighted by atomic mass is 9.82. The third-order valence-electron chi connectivity index (χ3n) is 4.13. The van der Waals surface area contributed by atoms with Crippen LogP contribution in [0.3, 0.4) is 0 Å². The van der Waals surface area contributed by atoms with E-state index in [4.69, 9.17) is 23.2 Å². The first kappa shape index (κ1) is 17.5. The lowest BCUT2D eigenvalue weighted by Crippen LogP contribution is -2.54. The van der Waals surface area contributed by atoms with Crippen molar-refractivity contribution in [2.75, 3.05) is 13.1 Å². The van der Waals surface area contributed by atoms with E-state index in [9.17, 15) is 4.79 Å². The van der Waals surface area contributed by atoms with E-state index < -0.39 is 5.54 Å². The van der Waals surface area contributed by atoms with Gasteiger partial charge in [-0.25, -0.2) is 0 Å². The third-order valence-corrected chi connectivity index (χ3v) is 4.70. The molecule has 0 radical (unpaired) electrons. The molecule has 0 bridgehead atoms. The molecular weight excluding hydrogens is 293 g/mol. The van der Waals surface area contributed by atoms with Gasteiger partial charge in [0.1, 0.15) is 0 Å². The molecule has 112 valence electrons. The highest BCUT2D eigenvalue weighted by atomic mass is 35.5. The van der Waals surface area contributed by atoms with Gasteiger partial charge in [-0.05, 0) is 44.1 Å². The van der Waals surface area contributed by atoms with Crippen molar-refractivity contribution in [1.82, 2.24) is 4.90 Å². The van der Waals surface area contributed by atoms with Crippen LogP contribution in [0.25, 0.3) is 0 Å². The molecule has 0 spiro atoms. The smallest absolute Gasteiger partial charge is 0.184 e. The zero-order chi connectivity index (χ0) is 15.3.